The molecular weight excluding hydrogens is 248 g/mol. The highest BCUT2D eigenvalue weighted by Crippen LogP contribution is 2.36. The number of Topliss-reactive ketones (excluding diaryl/α,β-unsaturated/α-hetero) is 1. The number of aryl methyl sites for hydroxylation is 2. The first-order valence-corrected chi connectivity index (χ1v) is 6.72. The minimum Gasteiger partial charge on any atom is -0.293 e. The molecule has 0 fully saturated rings. The van der Waals surface area contributed by atoms with Gasteiger partial charge in [-0.3, -0.25) is 4.79 Å². The van der Waals surface area contributed by atoms with Crippen LogP contribution in [0.15, 0.2) is 6.33 Å². The molecule has 0 amide bonds. The Hall–Kier alpha value is -1.82. The number of hydrogen-bond donors (Lipinski definition) is 0. The maximum absolute atomic E-state index is 11.9. The van der Waals surface area contributed by atoms with Gasteiger partial charge in [-0.05, 0) is 25.3 Å². The van der Waals surface area contributed by atoms with Crippen LogP contribution in [0.25, 0.3) is 15.9 Å². The molecule has 3 aromatic rings. The minimum atomic E-state index is 0.244. The highest BCUT2D eigenvalue weighted by molar-refractivity contribution is 7.20. The van der Waals surface area contributed by atoms with Crippen LogP contribution in [0, 0.1) is 6.92 Å². The van der Waals surface area contributed by atoms with Crippen molar-refractivity contribution in [1.82, 2.24) is 19.6 Å². The van der Waals surface area contributed by atoms with E-state index in [-0.39, 0.29) is 5.78 Å². The van der Waals surface area contributed by atoms with Crippen LogP contribution >= 0.6 is 11.3 Å². The fraction of sp³-hybridized carbons (Fsp3) is 0.333. The topological polar surface area (TPSA) is 60.1 Å². The maximum atomic E-state index is 11.9. The molecule has 0 atom stereocenters. The van der Waals surface area contributed by atoms with E-state index in [1.807, 2.05) is 6.92 Å². The first kappa shape index (κ1) is 10.1. The number of nitrogens with zero attached hydrogens (tertiary/aromatic N) is 4. The maximum Gasteiger partial charge on any atom is 0.173 e. The van der Waals surface area contributed by atoms with Gasteiger partial charge >= 0.3 is 0 Å². The Morgan fingerprint density at radius 3 is 3.17 bits per heavy atom. The summed E-state index contributed by atoms with van der Waals surface area (Å²) in [5.74, 6) is 0.972. The number of rotatable bonds is 0. The molecular formula is C12H10N4OS. The molecule has 1 aliphatic carbocycles. The van der Waals surface area contributed by atoms with Crippen LogP contribution in [0.5, 0.6) is 0 Å². The second kappa shape index (κ2) is 3.35. The number of fused-ring (bicyclic) bond motifs is 5. The van der Waals surface area contributed by atoms with Gasteiger partial charge in [0, 0.05) is 6.42 Å². The molecule has 4 rings (SSSR count). The summed E-state index contributed by atoms with van der Waals surface area (Å²) in [7, 11) is 0. The van der Waals surface area contributed by atoms with Gasteiger partial charge in [-0.15, -0.1) is 11.3 Å². The Morgan fingerprint density at radius 2 is 2.28 bits per heavy atom. The third-order valence-corrected chi connectivity index (χ3v) is 4.50. The number of carbonyl (C=O) groups excluding carboxylic acids is 1. The fourth-order valence-electron chi connectivity index (χ4n) is 2.56. The average molecular weight is 258 g/mol. The molecule has 0 spiro atoms. The Morgan fingerprint density at radius 1 is 1.39 bits per heavy atom. The molecule has 0 saturated heterocycles. The van der Waals surface area contributed by atoms with E-state index in [4.69, 9.17) is 0 Å². The average Bonchev–Trinajstić information content (AvgIpc) is 2.88. The zero-order valence-electron chi connectivity index (χ0n) is 9.80. The first-order chi connectivity index (χ1) is 8.74. The summed E-state index contributed by atoms with van der Waals surface area (Å²) in [4.78, 5) is 22.5. The van der Waals surface area contributed by atoms with Crippen LogP contribution in [0.4, 0.5) is 0 Å². The second-order valence-corrected chi connectivity index (χ2v) is 5.54. The first-order valence-electron chi connectivity index (χ1n) is 5.90. The number of hydrogen-bond acceptors (Lipinski definition) is 5. The van der Waals surface area contributed by atoms with E-state index in [2.05, 4.69) is 15.1 Å². The molecule has 0 aromatic carbocycles. The van der Waals surface area contributed by atoms with Crippen molar-refractivity contribution in [3.05, 3.63) is 22.6 Å². The Labute approximate surface area is 106 Å². The van der Waals surface area contributed by atoms with E-state index in [0.717, 1.165) is 45.0 Å². The van der Waals surface area contributed by atoms with Gasteiger partial charge in [0.05, 0.1) is 10.3 Å². The van der Waals surface area contributed by atoms with Gasteiger partial charge < -0.3 is 0 Å². The van der Waals surface area contributed by atoms with Gasteiger partial charge in [-0.25, -0.2) is 14.5 Å². The van der Waals surface area contributed by atoms with Gasteiger partial charge in [0.2, 0.25) is 0 Å². The molecule has 0 aliphatic heterocycles. The Kier molecular flexibility index (Phi) is 1.89. The quantitative estimate of drug-likeness (QED) is 0.620. The smallest absolute Gasteiger partial charge is 0.173 e. The van der Waals surface area contributed by atoms with Crippen LogP contribution in [-0.2, 0) is 6.42 Å². The lowest BCUT2D eigenvalue weighted by Crippen LogP contribution is -2.07. The fourth-order valence-corrected chi connectivity index (χ4v) is 3.72. The molecule has 90 valence electrons. The second-order valence-electron chi connectivity index (χ2n) is 4.54. The molecule has 6 heteroatoms. The summed E-state index contributed by atoms with van der Waals surface area (Å²) in [6.07, 6.45) is 4.19. The summed E-state index contributed by atoms with van der Waals surface area (Å²) in [6.45, 7) is 1.86. The monoisotopic (exact) mass is 258 g/mol. The molecule has 0 bridgehead atoms. The summed E-state index contributed by atoms with van der Waals surface area (Å²) in [5.41, 5.74) is 1.95. The van der Waals surface area contributed by atoms with Crippen molar-refractivity contribution in [2.45, 2.75) is 26.2 Å². The van der Waals surface area contributed by atoms with Crippen LogP contribution in [0.1, 0.15) is 33.9 Å². The minimum absolute atomic E-state index is 0.244. The summed E-state index contributed by atoms with van der Waals surface area (Å²) >= 11 is 1.49. The molecule has 0 unspecified atom stereocenters. The number of ketones is 1. The molecule has 0 radical (unpaired) electrons. The van der Waals surface area contributed by atoms with E-state index in [1.54, 1.807) is 10.8 Å². The largest absolute Gasteiger partial charge is 0.293 e. The standard InChI is InChI=1S/C12H10N4OS/c1-6-14-11-9-7-3-2-4-8(17)10(7)18-12(9)13-5-16(11)15-6/h5H,2-4H2,1H3. The Bertz CT molecular complexity index is 801. The summed E-state index contributed by atoms with van der Waals surface area (Å²) < 4.78 is 1.70. The van der Waals surface area contributed by atoms with Gasteiger partial charge in [0.15, 0.2) is 11.4 Å². The lowest BCUT2D eigenvalue weighted by Gasteiger charge is -2.09. The molecule has 1 aliphatic rings. The van der Waals surface area contributed by atoms with Crippen molar-refractivity contribution in [2.75, 3.05) is 0 Å². The zero-order chi connectivity index (χ0) is 12.3. The van der Waals surface area contributed by atoms with Crippen LogP contribution in [0.2, 0.25) is 0 Å². The van der Waals surface area contributed by atoms with Crippen LogP contribution in [-0.4, -0.2) is 25.4 Å². The third-order valence-electron chi connectivity index (χ3n) is 3.32. The number of aromatic nitrogens is 4. The van der Waals surface area contributed by atoms with Crippen molar-refractivity contribution < 1.29 is 4.79 Å². The van der Waals surface area contributed by atoms with Gasteiger partial charge in [0.1, 0.15) is 17.0 Å². The van der Waals surface area contributed by atoms with Crippen molar-refractivity contribution in [3.63, 3.8) is 0 Å². The molecule has 18 heavy (non-hydrogen) atoms. The number of carbonyl (C=O) groups is 1. The predicted molar refractivity (Wildman–Crippen MR) is 68.2 cm³/mol. The van der Waals surface area contributed by atoms with Crippen molar-refractivity contribution in [3.8, 4) is 0 Å². The zero-order valence-corrected chi connectivity index (χ0v) is 10.6. The lowest BCUT2D eigenvalue weighted by atomic mass is 9.96. The van der Waals surface area contributed by atoms with Gasteiger partial charge in [-0.2, -0.15) is 5.10 Å². The SMILES string of the molecule is Cc1nc2c3c4c(sc3ncn2n1)C(=O)CCC4. The normalized spacial score (nSPS) is 15.5. The summed E-state index contributed by atoms with van der Waals surface area (Å²) in [6, 6.07) is 0. The molecule has 3 aromatic heterocycles. The summed E-state index contributed by atoms with van der Waals surface area (Å²) in [5, 5.41) is 5.29. The van der Waals surface area contributed by atoms with Crippen molar-refractivity contribution in [1.29, 1.82) is 0 Å². The van der Waals surface area contributed by atoms with E-state index in [9.17, 15) is 4.79 Å². The highest BCUT2D eigenvalue weighted by atomic mass is 32.1. The molecule has 0 N–H and O–H groups in total. The van der Waals surface area contributed by atoms with Crippen LogP contribution < -0.4 is 0 Å². The molecule has 5 nitrogen and oxygen atoms in total. The van der Waals surface area contributed by atoms with E-state index in [1.165, 1.54) is 11.3 Å². The van der Waals surface area contributed by atoms with E-state index in [0.29, 0.717) is 6.42 Å². The van der Waals surface area contributed by atoms with E-state index >= 15 is 0 Å². The van der Waals surface area contributed by atoms with Gasteiger partial charge in [-0.1, -0.05) is 0 Å². The molecule has 0 saturated carbocycles. The molecule has 3 heterocycles. The number of thiophene rings is 1. The third kappa shape index (κ3) is 1.21. The predicted octanol–water partition coefficient (Wildman–Crippen LogP) is 2.17. The highest BCUT2D eigenvalue weighted by Gasteiger charge is 2.25. The Balaban J connectivity index is 2.20. The lowest BCUT2D eigenvalue weighted by molar-refractivity contribution is 0.0977. The van der Waals surface area contributed by atoms with Crippen molar-refractivity contribution in [2.24, 2.45) is 0 Å². The van der Waals surface area contributed by atoms with Crippen LogP contribution in [0.3, 0.4) is 0 Å². The van der Waals surface area contributed by atoms with E-state index < -0.39 is 0 Å². The van der Waals surface area contributed by atoms with Gasteiger partial charge in [0.25, 0.3) is 0 Å². The van der Waals surface area contributed by atoms with Crippen molar-refractivity contribution >= 4 is 33.0 Å².